The van der Waals surface area contributed by atoms with Crippen LogP contribution < -0.4 is 4.72 Å². The molecule has 2 heterocycles. The molecule has 1 fully saturated rings. The van der Waals surface area contributed by atoms with Gasteiger partial charge in [0.05, 0.1) is 11.9 Å². The van der Waals surface area contributed by atoms with Crippen molar-refractivity contribution in [3.63, 3.8) is 0 Å². The first-order valence-corrected chi connectivity index (χ1v) is 8.53. The van der Waals surface area contributed by atoms with Gasteiger partial charge in [-0.25, -0.2) is 13.1 Å². The molecule has 1 aromatic rings. The SMILES string of the molecule is Cc1[nH]ncc1S(=O)(=O)NCCN1CCSCC1. The van der Waals surface area contributed by atoms with Gasteiger partial charge in [0.25, 0.3) is 0 Å². The molecule has 1 saturated heterocycles. The van der Waals surface area contributed by atoms with Crippen molar-refractivity contribution in [3.05, 3.63) is 11.9 Å². The Balaban J connectivity index is 1.84. The summed E-state index contributed by atoms with van der Waals surface area (Å²) >= 11 is 1.94. The zero-order valence-electron chi connectivity index (χ0n) is 10.3. The molecule has 102 valence electrons. The summed E-state index contributed by atoms with van der Waals surface area (Å²) in [5, 5.41) is 6.36. The summed E-state index contributed by atoms with van der Waals surface area (Å²) in [6.45, 7) is 4.98. The average molecular weight is 290 g/mol. The zero-order valence-corrected chi connectivity index (χ0v) is 12.0. The molecule has 1 aliphatic rings. The van der Waals surface area contributed by atoms with Crippen LogP contribution >= 0.6 is 11.8 Å². The van der Waals surface area contributed by atoms with E-state index < -0.39 is 10.0 Å². The predicted molar refractivity (Wildman–Crippen MR) is 72.3 cm³/mol. The van der Waals surface area contributed by atoms with Crippen LogP contribution in [-0.2, 0) is 10.0 Å². The van der Waals surface area contributed by atoms with Crippen molar-refractivity contribution in [1.82, 2.24) is 19.8 Å². The number of thioether (sulfide) groups is 1. The van der Waals surface area contributed by atoms with Crippen LogP contribution in [0.3, 0.4) is 0 Å². The van der Waals surface area contributed by atoms with Gasteiger partial charge in [0.15, 0.2) is 0 Å². The minimum absolute atomic E-state index is 0.233. The minimum Gasteiger partial charge on any atom is -0.300 e. The average Bonchev–Trinajstić information content (AvgIpc) is 2.77. The molecular formula is C10H18N4O2S2. The standard InChI is InChI=1S/C10H18N4O2S2/c1-9-10(8-11-13-9)18(15,16)12-2-3-14-4-6-17-7-5-14/h8,12H,2-7H2,1H3,(H,11,13). The number of nitrogens with one attached hydrogen (secondary N) is 2. The molecule has 0 unspecified atom stereocenters. The maximum Gasteiger partial charge on any atom is 0.243 e. The Labute approximate surface area is 112 Å². The van der Waals surface area contributed by atoms with Gasteiger partial charge in [0, 0.05) is 37.7 Å². The largest absolute Gasteiger partial charge is 0.300 e. The lowest BCUT2D eigenvalue weighted by Crippen LogP contribution is -2.39. The molecule has 8 heteroatoms. The van der Waals surface area contributed by atoms with E-state index in [1.807, 2.05) is 11.8 Å². The fraction of sp³-hybridized carbons (Fsp3) is 0.700. The Hall–Kier alpha value is -0.570. The molecule has 0 aliphatic carbocycles. The van der Waals surface area contributed by atoms with Gasteiger partial charge in [0.1, 0.15) is 4.90 Å². The number of sulfonamides is 1. The summed E-state index contributed by atoms with van der Waals surface area (Å²) in [5.41, 5.74) is 0.567. The summed E-state index contributed by atoms with van der Waals surface area (Å²) < 4.78 is 26.5. The first-order valence-electron chi connectivity index (χ1n) is 5.89. The molecule has 18 heavy (non-hydrogen) atoms. The van der Waals surface area contributed by atoms with Crippen LogP contribution in [0.5, 0.6) is 0 Å². The maximum atomic E-state index is 12.0. The van der Waals surface area contributed by atoms with Gasteiger partial charge in [-0.15, -0.1) is 0 Å². The van der Waals surface area contributed by atoms with Crippen LogP contribution in [0.25, 0.3) is 0 Å². The molecule has 0 amide bonds. The summed E-state index contributed by atoms with van der Waals surface area (Å²) in [5.74, 6) is 2.27. The van der Waals surface area contributed by atoms with E-state index in [0.29, 0.717) is 12.2 Å². The smallest absolute Gasteiger partial charge is 0.243 e. The molecule has 1 aromatic heterocycles. The Morgan fingerprint density at radius 2 is 2.22 bits per heavy atom. The first kappa shape index (κ1) is 13.9. The highest BCUT2D eigenvalue weighted by Crippen LogP contribution is 2.11. The Morgan fingerprint density at radius 1 is 1.50 bits per heavy atom. The maximum absolute atomic E-state index is 12.0. The van der Waals surface area contributed by atoms with Crippen LogP contribution in [0.2, 0.25) is 0 Å². The number of aromatic amines is 1. The molecule has 2 rings (SSSR count). The third-order valence-electron chi connectivity index (χ3n) is 2.90. The highest BCUT2D eigenvalue weighted by molar-refractivity contribution is 7.99. The number of nitrogens with zero attached hydrogens (tertiary/aromatic N) is 2. The molecule has 2 N–H and O–H groups in total. The second-order valence-corrected chi connectivity index (χ2v) is 7.17. The lowest BCUT2D eigenvalue weighted by molar-refractivity contribution is 0.307. The Kier molecular flexibility index (Phi) is 4.66. The van der Waals surface area contributed by atoms with Crippen molar-refractivity contribution < 1.29 is 8.42 Å². The monoisotopic (exact) mass is 290 g/mol. The minimum atomic E-state index is -3.42. The second kappa shape index (κ2) is 6.05. The van der Waals surface area contributed by atoms with E-state index in [9.17, 15) is 8.42 Å². The van der Waals surface area contributed by atoms with E-state index in [1.54, 1.807) is 6.92 Å². The topological polar surface area (TPSA) is 78.1 Å². The van der Waals surface area contributed by atoms with Crippen molar-refractivity contribution in [1.29, 1.82) is 0 Å². The summed E-state index contributed by atoms with van der Waals surface area (Å²) in [4.78, 5) is 2.51. The van der Waals surface area contributed by atoms with E-state index in [2.05, 4.69) is 19.8 Å². The van der Waals surface area contributed by atoms with Gasteiger partial charge in [-0.2, -0.15) is 16.9 Å². The van der Waals surface area contributed by atoms with Crippen molar-refractivity contribution in [2.24, 2.45) is 0 Å². The molecule has 1 aliphatic heterocycles. The van der Waals surface area contributed by atoms with Crippen LogP contribution in [0.1, 0.15) is 5.69 Å². The normalized spacial score (nSPS) is 18.1. The van der Waals surface area contributed by atoms with Crippen LogP contribution in [0.4, 0.5) is 0 Å². The third-order valence-corrected chi connectivity index (χ3v) is 5.41. The predicted octanol–water partition coefficient (Wildman–Crippen LogP) is 0.0452. The van der Waals surface area contributed by atoms with Crippen molar-refractivity contribution in [2.75, 3.05) is 37.7 Å². The van der Waals surface area contributed by atoms with Gasteiger partial charge in [-0.3, -0.25) is 5.10 Å². The van der Waals surface area contributed by atoms with Crippen molar-refractivity contribution in [3.8, 4) is 0 Å². The molecular weight excluding hydrogens is 272 g/mol. The number of hydrogen-bond acceptors (Lipinski definition) is 5. The van der Waals surface area contributed by atoms with Gasteiger partial charge < -0.3 is 4.90 Å². The van der Waals surface area contributed by atoms with Gasteiger partial charge >= 0.3 is 0 Å². The molecule has 0 saturated carbocycles. The highest BCUT2D eigenvalue weighted by Gasteiger charge is 2.18. The lowest BCUT2D eigenvalue weighted by atomic mass is 10.5. The first-order chi connectivity index (χ1) is 8.59. The fourth-order valence-corrected chi connectivity index (χ4v) is 3.99. The van der Waals surface area contributed by atoms with E-state index in [1.165, 1.54) is 6.20 Å². The summed E-state index contributed by atoms with van der Waals surface area (Å²) in [6.07, 6.45) is 1.34. The van der Waals surface area contributed by atoms with E-state index in [0.717, 1.165) is 31.1 Å². The van der Waals surface area contributed by atoms with E-state index in [-0.39, 0.29) is 4.90 Å². The van der Waals surface area contributed by atoms with Crippen LogP contribution in [-0.4, -0.2) is 61.2 Å². The number of aromatic nitrogens is 2. The van der Waals surface area contributed by atoms with Gasteiger partial charge in [-0.05, 0) is 6.92 Å². The Bertz CT molecular complexity index is 480. The van der Waals surface area contributed by atoms with Crippen LogP contribution in [0.15, 0.2) is 11.1 Å². The third kappa shape index (κ3) is 3.47. The molecule has 0 radical (unpaired) electrons. The van der Waals surface area contributed by atoms with Crippen molar-refractivity contribution in [2.45, 2.75) is 11.8 Å². The van der Waals surface area contributed by atoms with E-state index >= 15 is 0 Å². The molecule has 6 nitrogen and oxygen atoms in total. The van der Waals surface area contributed by atoms with E-state index in [4.69, 9.17) is 0 Å². The quantitative estimate of drug-likeness (QED) is 0.801. The van der Waals surface area contributed by atoms with Gasteiger partial charge in [-0.1, -0.05) is 0 Å². The van der Waals surface area contributed by atoms with Crippen molar-refractivity contribution >= 4 is 21.8 Å². The molecule has 0 atom stereocenters. The fourth-order valence-electron chi connectivity index (χ4n) is 1.85. The number of rotatable bonds is 5. The number of hydrogen-bond donors (Lipinski definition) is 2. The summed E-state index contributed by atoms with van der Waals surface area (Å²) in [6, 6.07) is 0. The Morgan fingerprint density at radius 3 is 2.83 bits per heavy atom. The molecule has 0 aromatic carbocycles. The number of H-pyrrole nitrogens is 1. The summed E-state index contributed by atoms with van der Waals surface area (Å²) in [7, 11) is -3.42. The highest BCUT2D eigenvalue weighted by atomic mass is 32.2. The second-order valence-electron chi connectivity index (χ2n) is 4.21. The number of aryl methyl sites for hydroxylation is 1. The zero-order chi connectivity index (χ0) is 13.0. The van der Waals surface area contributed by atoms with Crippen LogP contribution in [0, 0.1) is 6.92 Å². The molecule has 0 spiro atoms. The molecule has 0 bridgehead atoms. The lowest BCUT2D eigenvalue weighted by Gasteiger charge is -2.25. The van der Waals surface area contributed by atoms with Gasteiger partial charge in [0.2, 0.25) is 10.0 Å².